The molecule has 0 bridgehead atoms. The highest BCUT2D eigenvalue weighted by atomic mass is 35.5. The number of hydrogen-bond donors (Lipinski definition) is 1. The number of carbonyl (C=O) groups is 1. The van der Waals surface area contributed by atoms with Gasteiger partial charge in [0.25, 0.3) is 0 Å². The molecule has 0 aliphatic carbocycles. The minimum atomic E-state index is -0.0948. The second kappa shape index (κ2) is 6.86. The first-order valence-electron chi connectivity index (χ1n) is 7.73. The van der Waals surface area contributed by atoms with E-state index in [2.05, 4.69) is 16.3 Å². The molecule has 0 aromatic heterocycles. The van der Waals surface area contributed by atoms with Crippen molar-refractivity contribution in [1.29, 1.82) is 0 Å². The smallest absolute Gasteiger partial charge is 0.239 e. The van der Waals surface area contributed by atoms with Crippen molar-refractivity contribution in [2.45, 2.75) is 18.6 Å². The topological polar surface area (TPSA) is 44.8 Å². The van der Waals surface area contributed by atoms with Gasteiger partial charge >= 0.3 is 0 Å². The van der Waals surface area contributed by atoms with Crippen LogP contribution in [-0.2, 0) is 9.53 Å². The van der Waals surface area contributed by atoms with Gasteiger partial charge in [0, 0.05) is 50.5 Å². The quantitative estimate of drug-likeness (QED) is 0.912. The fraction of sp³-hybridized carbons (Fsp3) is 0.562. The van der Waals surface area contributed by atoms with Gasteiger partial charge in [-0.25, -0.2) is 0 Å². The summed E-state index contributed by atoms with van der Waals surface area (Å²) in [6.45, 7) is 3.94. The van der Waals surface area contributed by atoms with Crippen molar-refractivity contribution < 1.29 is 9.53 Å². The van der Waals surface area contributed by atoms with Crippen molar-refractivity contribution in [3.8, 4) is 0 Å². The first kappa shape index (κ1) is 15.6. The molecule has 2 fully saturated rings. The van der Waals surface area contributed by atoms with Crippen LogP contribution in [0.25, 0.3) is 0 Å². The molecule has 2 saturated heterocycles. The monoisotopic (exact) mass is 323 g/mol. The van der Waals surface area contributed by atoms with Crippen molar-refractivity contribution in [2.24, 2.45) is 0 Å². The van der Waals surface area contributed by atoms with E-state index in [1.54, 1.807) is 7.11 Å². The fourth-order valence-electron chi connectivity index (χ4n) is 3.15. The summed E-state index contributed by atoms with van der Waals surface area (Å²) in [5.41, 5.74) is 1.12. The van der Waals surface area contributed by atoms with E-state index in [1.165, 1.54) is 0 Å². The number of piperazine rings is 1. The van der Waals surface area contributed by atoms with Crippen LogP contribution in [0.1, 0.15) is 6.42 Å². The van der Waals surface area contributed by atoms with Crippen LogP contribution in [0.5, 0.6) is 0 Å². The largest absolute Gasteiger partial charge is 0.380 e. The molecule has 0 radical (unpaired) electrons. The van der Waals surface area contributed by atoms with Crippen LogP contribution in [0.4, 0.5) is 5.69 Å². The van der Waals surface area contributed by atoms with Crippen LogP contribution in [0.15, 0.2) is 24.3 Å². The Kier molecular flexibility index (Phi) is 4.86. The van der Waals surface area contributed by atoms with E-state index >= 15 is 0 Å². The number of methoxy groups -OCH3 is 1. The third kappa shape index (κ3) is 3.37. The maximum Gasteiger partial charge on any atom is 0.239 e. The van der Waals surface area contributed by atoms with Crippen molar-refractivity contribution in [3.63, 3.8) is 0 Å². The summed E-state index contributed by atoms with van der Waals surface area (Å²) in [6, 6.07) is 7.78. The second-order valence-corrected chi connectivity index (χ2v) is 6.28. The zero-order chi connectivity index (χ0) is 15.5. The third-order valence-electron chi connectivity index (χ3n) is 4.49. The first-order valence-corrected chi connectivity index (χ1v) is 8.10. The molecule has 2 atom stereocenters. The molecule has 0 saturated carbocycles. The fourth-order valence-corrected chi connectivity index (χ4v) is 3.33. The zero-order valence-electron chi connectivity index (χ0n) is 12.8. The Morgan fingerprint density at radius 3 is 2.73 bits per heavy atom. The number of carbonyl (C=O) groups excluding carboxylic acids is 1. The molecule has 3 rings (SSSR count). The van der Waals surface area contributed by atoms with Gasteiger partial charge in [-0.1, -0.05) is 17.7 Å². The van der Waals surface area contributed by atoms with E-state index in [1.807, 2.05) is 23.1 Å². The number of nitrogens with zero attached hydrogens (tertiary/aromatic N) is 2. The summed E-state index contributed by atoms with van der Waals surface area (Å²) in [5.74, 6) is 0.199. The highest BCUT2D eigenvalue weighted by molar-refractivity contribution is 6.30. The van der Waals surface area contributed by atoms with Crippen LogP contribution >= 0.6 is 11.6 Å². The predicted molar refractivity (Wildman–Crippen MR) is 87.4 cm³/mol. The first-order chi connectivity index (χ1) is 10.7. The van der Waals surface area contributed by atoms with Crippen LogP contribution in [0.2, 0.25) is 5.02 Å². The molecule has 0 unspecified atom stereocenters. The van der Waals surface area contributed by atoms with E-state index in [4.69, 9.17) is 16.3 Å². The molecule has 0 spiro atoms. The average molecular weight is 324 g/mol. The number of amides is 1. The van der Waals surface area contributed by atoms with Gasteiger partial charge in [0.1, 0.15) is 0 Å². The summed E-state index contributed by atoms with van der Waals surface area (Å²) in [6.07, 6.45) is 0.922. The second-order valence-electron chi connectivity index (χ2n) is 5.85. The number of anilines is 1. The molecule has 2 heterocycles. The summed E-state index contributed by atoms with van der Waals surface area (Å²) in [4.78, 5) is 16.8. The van der Waals surface area contributed by atoms with Gasteiger partial charge in [0.2, 0.25) is 5.91 Å². The molecule has 1 aromatic rings. The van der Waals surface area contributed by atoms with Gasteiger partial charge in [0.05, 0.1) is 12.1 Å². The van der Waals surface area contributed by atoms with Crippen LogP contribution in [0.3, 0.4) is 0 Å². The van der Waals surface area contributed by atoms with Crippen molar-refractivity contribution in [2.75, 3.05) is 44.7 Å². The lowest BCUT2D eigenvalue weighted by atomic mass is 10.1. The molecule has 120 valence electrons. The molecule has 2 aliphatic rings. The van der Waals surface area contributed by atoms with E-state index < -0.39 is 0 Å². The predicted octanol–water partition coefficient (Wildman–Crippen LogP) is 1.37. The van der Waals surface area contributed by atoms with Gasteiger partial charge in [-0.2, -0.15) is 0 Å². The van der Waals surface area contributed by atoms with Gasteiger partial charge in [-0.3, -0.25) is 4.79 Å². The Morgan fingerprint density at radius 2 is 2.09 bits per heavy atom. The van der Waals surface area contributed by atoms with Crippen LogP contribution in [-0.4, -0.2) is 62.8 Å². The van der Waals surface area contributed by atoms with Crippen LogP contribution in [0, 0.1) is 0 Å². The summed E-state index contributed by atoms with van der Waals surface area (Å²) in [7, 11) is 1.70. The lowest BCUT2D eigenvalue weighted by molar-refractivity contribution is -0.133. The number of ether oxygens (including phenoxy) is 1. The number of benzene rings is 1. The Balaban J connectivity index is 1.54. The normalized spacial score (nSPS) is 25.5. The SMILES string of the molecule is CO[C@@H]1CN[C@H](C(=O)N2CCN(c3cccc(Cl)c3)CC2)C1. The average Bonchev–Trinajstić information content (AvgIpc) is 3.03. The number of hydrogen-bond acceptors (Lipinski definition) is 4. The maximum absolute atomic E-state index is 12.5. The molecule has 6 heteroatoms. The Morgan fingerprint density at radius 1 is 1.32 bits per heavy atom. The maximum atomic E-state index is 12.5. The number of rotatable bonds is 3. The van der Waals surface area contributed by atoms with Gasteiger partial charge < -0.3 is 19.9 Å². The molecule has 1 aromatic carbocycles. The molecule has 5 nitrogen and oxygen atoms in total. The Bertz CT molecular complexity index is 532. The Labute approximate surface area is 136 Å². The number of nitrogens with one attached hydrogen (secondary N) is 1. The van der Waals surface area contributed by atoms with Gasteiger partial charge in [-0.05, 0) is 24.6 Å². The molecule has 1 N–H and O–H groups in total. The highest BCUT2D eigenvalue weighted by Gasteiger charge is 2.33. The molecular formula is C16H22ClN3O2. The van der Waals surface area contributed by atoms with E-state index in [9.17, 15) is 4.79 Å². The highest BCUT2D eigenvalue weighted by Crippen LogP contribution is 2.21. The van der Waals surface area contributed by atoms with Crippen LogP contribution < -0.4 is 10.2 Å². The minimum Gasteiger partial charge on any atom is -0.380 e. The van der Waals surface area contributed by atoms with E-state index in [0.717, 1.165) is 49.9 Å². The molecule has 2 aliphatic heterocycles. The van der Waals surface area contributed by atoms with Crippen molar-refractivity contribution >= 4 is 23.2 Å². The Hall–Kier alpha value is -1.30. The lowest BCUT2D eigenvalue weighted by Gasteiger charge is -2.37. The van der Waals surface area contributed by atoms with Crippen molar-refractivity contribution in [3.05, 3.63) is 29.3 Å². The summed E-state index contributed by atoms with van der Waals surface area (Å²) >= 11 is 6.05. The summed E-state index contributed by atoms with van der Waals surface area (Å²) in [5, 5.41) is 4.00. The van der Waals surface area contributed by atoms with E-state index in [0.29, 0.717) is 0 Å². The van der Waals surface area contributed by atoms with Gasteiger partial charge in [0.15, 0.2) is 0 Å². The standard InChI is InChI=1S/C16H22ClN3O2/c1-22-14-10-15(18-11-14)16(21)20-7-5-19(6-8-20)13-4-2-3-12(17)9-13/h2-4,9,14-15,18H,5-8,10-11H2,1H3/t14-,15-/m0/s1. The zero-order valence-corrected chi connectivity index (χ0v) is 13.6. The minimum absolute atomic E-state index is 0.0948. The lowest BCUT2D eigenvalue weighted by Crippen LogP contribution is -2.53. The third-order valence-corrected chi connectivity index (χ3v) is 4.72. The number of halogens is 1. The summed E-state index contributed by atoms with van der Waals surface area (Å²) < 4.78 is 5.31. The van der Waals surface area contributed by atoms with Gasteiger partial charge in [-0.15, -0.1) is 0 Å². The molecule has 1 amide bonds. The molecule has 22 heavy (non-hydrogen) atoms. The van der Waals surface area contributed by atoms with E-state index in [-0.39, 0.29) is 18.1 Å². The van der Waals surface area contributed by atoms with Crippen molar-refractivity contribution in [1.82, 2.24) is 10.2 Å². The molecular weight excluding hydrogens is 302 g/mol.